The standard InChI is InChI=1S/C23H23N3O2/c1-4-23(28)26(3)21-10-8-18(12-16(21)2)20-9-7-19(15-25-20)22(27)13-17-6-5-11-24-14-17/h5-12,14-15H,4,13H2,1-3H3. The Morgan fingerprint density at radius 2 is 1.89 bits per heavy atom. The van der Waals surface area contributed by atoms with Gasteiger partial charge in [-0.15, -0.1) is 0 Å². The highest BCUT2D eigenvalue weighted by Crippen LogP contribution is 2.26. The van der Waals surface area contributed by atoms with Crippen LogP contribution in [0.1, 0.15) is 34.8 Å². The van der Waals surface area contributed by atoms with Gasteiger partial charge in [0.1, 0.15) is 0 Å². The Hall–Kier alpha value is -3.34. The topological polar surface area (TPSA) is 63.2 Å². The summed E-state index contributed by atoms with van der Waals surface area (Å²) < 4.78 is 0. The van der Waals surface area contributed by atoms with E-state index in [1.807, 2.05) is 50.2 Å². The third-order valence-electron chi connectivity index (χ3n) is 4.70. The summed E-state index contributed by atoms with van der Waals surface area (Å²) in [5.74, 6) is 0.0868. The van der Waals surface area contributed by atoms with Gasteiger partial charge in [0, 0.05) is 55.3 Å². The quantitative estimate of drug-likeness (QED) is 0.606. The van der Waals surface area contributed by atoms with E-state index >= 15 is 0 Å². The van der Waals surface area contributed by atoms with Gasteiger partial charge in [0.2, 0.25) is 5.91 Å². The van der Waals surface area contributed by atoms with Gasteiger partial charge in [-0.2, -0.15) is 0 Å². The highest BCUT2D eigenvalue weighted by atomic mass is 16.2. The van der Waals surface area contributed by atoms with Gasteiger partial charge in [0.05, 0.1) is 5.69 Å². The molecule has 1 aromatic carbocycles. The lowest BCUT2D eigenvalue weighted by Crippen LogP contribution is -2.25. The van der Waals surface area contributed by atoms with Gasteiger partial charge < -0.3 is 4.90 Å². The average Bonchev–Trinajstić information content (AvgIpc) is 2.73. The molecule has 0 fully saturated rings. The van der Waals surface area contributed by atoms with Crippen LogP contribution in [0.3, 0.4) is 0 Å². The number of aromatic nitrogens is 2. The van der Waals surface area contributed by atoms with E-state index < -0.39 is 0 Å². The predicted octanol–water partition coefficient (Wildman–Crippen LogP) is 4.25. The molecule has 0 aliphatic heterocycles. The zero-order valence-corrected chi connectivity index (χ0v) is 16.3. The van der Waals surface area contributed by atoms with E-state index in [1.54, 1.807) is 36.6 Å². The van der Waals surface area contributed by atoms with Crippen LogP contribution in [0.25, 0.3) is 11.3 Å². The molecular formula is C23H23N3O2. The van der Waals surface area contributed by atoms with Crippen molar-refractivity contribution < 1.29 is 9.59 Å². The molecule has 0 saturated heterocycles. The van der Waals surface area contributed by atoms with Crippen LogP contribution < -0.4 is 4.90 Å². The number of pyridine rings is 2. The third kappa shape index (κ3) is 4.31. The highest BCUT2D eigenvalue weighted by molar-refractivity contribution is 5.97. The van der Waals surface area contributed by atoms with E-state index in [4.69, 9.17) is 0 Å². The van der Waals surface area contributed by atoms with Crippen molar-refractivity contribution in [2.45, 2.75) is 26.7 Å². The Morgan fingerprint density at radius 3 is 2.50 bits per heavy atom. The van der Waals surface area contributed by atoms with E-state index in [0.29, 0.717) is 18.4 Å². The molecule has 28 heavy (non-hydrogen) atoms. The van der Waals surface area contributed by atoms with Crippen molar-refractivity contribution in [2.24, 2.45) is 0 Å². The summed E-state index contributed by atoms with van der Waals surface area (Å²) in [6.45, 7) is 3.83. The number of benzene rings is 1. The van der Waals surface area contributed by atoms with Crippen LogP contribution in [-0.2, 0) is 11.2 Å². The minimum atomic E-state index is 0.0123. The van der Waals surface area contributed by atoms with Crippen LogP contribution in [0.2, 0.25) is 0 Å². The summed E-state index contributed by atoms with van der Waals surface area (Å²) in [7, 11) is 1.79. The normalized spacial score (nSPS) is 10.5. The summed E-state index contributed by atoms with van der Waals surface area (Å²) >= 11 is 0. The summed E-state index contributed by atoms with van der Waals surface area (Å²) in [6.07, 6.45) is 5.77. The Balaban J connectivity index is 1.77. The lowest BCUT2D eigenvalue weighted by Gasteiger charge is -2.19. The SMILES string of the molecule is CCC(=O)N(C)c1ccc(-c2ccc(C(=O)Cc3cccnc3)cn2)cc1C. The number of ketones is 1. The Morgan fingerprint density at radius 1 is 1.07 bits per heavy atom. The molecule has 3 aromatic rings. The number of carbonyl (C=O) groups excluding carboxylic acids is 2. The number of anilines is 1. The van der Waals surface area contributed by atoms with Gasteiger partial charge in [0.15, 0.2) is 5.78 Å². The van der Waals surface area contributed by atoms with Crippen LogP contribution in [0.5, 0.6) is 0 Å². The van der Waals surface area contributed by atoms with Crippen molar-refractivity contribution in [1.82, 2.24) is 9.97 Å². The van der Waals surface area contributed by atoms with Gasteiger partial charge in [-0.05, 0) is 48.4 Å². The molecule has 142 valence electrons. The molecule has 0 aliphatic carbocycles. The molecule has 0 radical (unpaired) electrons. The van der Waals surface area contributed by atoms with E-state index in [0.717, 1.165) is 28.1 Å². The molecule has 5 nitrogen and oxygen atoms in total. The van der Waals surface area contributed by atoms with Gasteiger partial charge >= 0.3 is 0 Å². The smallest absolute Gasteiger partial charge is 0.226 e. The van der Waals surface area contributed by atoms with Gasteiger partial charge in [-0.3, -0.25) is 19.6 Å². The summed E-state index contributed by atoms with van der Waals surface area (Å²) in [5.41, 5.74) is 5.09. The van der Waals surface area contributed by atoms with E-state index in [-0.39, 0.29) is 11.7 Å². The lowest BCUT2D eigenvalue weighted by atomic mass is 10.0. The first kappa shape index (κ1) is 19.4. The third-order valence-corrected chi connectivity index (χ3v) is 4.70. The van der Waals surface area contributed by atoms with E-state index in [2.05, 4.69) is 9.97 Å². The molecule has 3 rings (SSSR count). The Kier molecular flexibility index (Phi) is 5.94. The zero-order chi connectivity index (χ0) is 20.1. The summed E-state index contributed by atoms with van der Waals surface area (Å²) in [4.78, 5) is 34.5. The molecule has 0 saturated carbocycles. The average molecular weight is 373 g/mol. The van der Waals surface area contributed by atoms with Crippen molar-refractivity contribution in [3.8, 4) is 11.3 Å². The van der Waals surface area contributed by atoms with Gasteiger partial charge in [-0.25, -0.2) is 0 Å². The first-order chi connectivity index (χ1) is 13.5. The number of aryl methyl sites for hydroxylation is 1. The van der Waals surface area contributed by atoms with Crippen LogP contribution in [0.4, 0.5) is 5.69 Å². The molecule has 1 amide bonds. The molecule has 0 atom stereocenters. The minimum absolute atomic E-state index is 0.0123. The molecule has 0 aliphatic rings. The number of hydrogen-bond donors (Lipinski definition) is 0. The molecule has 0 unspecified atom stereocenters. The fourth-order valence-electron chi connectivity index (χ4n) is 3.08. The number of rotatable bonds is 6. The fraction of sp³-hybridized carbons (Fsp3) is 0.217. The van der Waals surface area contributed by atoms with Gasteiger partial charge in [-0.1, -0.05) is 19.1 Å². The number of Topliss-reactive ketones (excluding diaryl/α,β-unsaturated/α-hetero) is 1. The molecular weight excluding hydrogens is 350 g/mol. The van der Waals surface area contributed by atoms with Crippen molar-refractivity contribution in [2.75, 3.05) is 11.9 Å². The van der Waals surface area contributed by atoms with Crippen molar-refractivity contribution >= 4 is 17.4 Å². The van der Waals surface area contributed by atoms with E-state index in [1.165, 1.54) is 0 Å². The van der Waals surface area contributed by atoms with Crippen LogP contribution in [-0.4, -0.2) is 28.7 Å². The zero-order valence-electron chi connectivity index (χ0n) is 16.3. The van der Waals surface area contributed by atoms with Crippen molar-refractivity contribution in [1.29, 1.82) is 0 Å². The molecule has 2 aromatic heterocycles. The number of nitrogens with zero attached hydrogens (tertiary/aromatic N) is 3. The first-order valence-corrected chi connectivity index (χ1v) is 9.25. The number of hydrogen-bond acceptors (Lipinski definition) is 4. The molecule has 0 bridgehead atoms. The second-order valence-electron chi connectivity index (χ2n) is 6.70. The maximum atomic E-state index is 12.4. The fourth-order valence-corrected chi connectivity index (χ4v) is 3.08. The molecule has 0 N–H and O–H groups in total. The monoisotopic (exact) mass is 373 g/mol. The lowest BCUT2D eigenvalue weighted by molar-refractivity contribution is -0.118. The maximum absolute atomic E-state index is 12.4. The van der Waals surface area contributed by atoms with Crippen molar-refractivity contribution in [3.05, 3.63) is 77.7 Å². The number of amides is 1. The predicted molar refractivity (Wildman–Crippen MR) is 110 cm³/mol. The second kappa shape index (κ2) is 8.57. The van der Waals surface area contributed by atoms with Crippen LogP contribution in [0.15, 0.2) is 61.1 Å². The van der Waals surface area contributed by atoms with Crippen LogP contribution in [0, 0.1) is 6.92 Å². The van der Waals surface area contributed by atoms with Crippen LogP contribution >= 0.6 is 0 Å². The summed E-state index contributed by atoms with van der Waals surface area (Å²) in [5, 5.41) is 0. The van der Waals surface area contributed by atoms with Gasteiger partial charge in [0.25, 0.3) is 0 Å². The van der Waals surface area contributed by atoms with E-state index in [9.17, 15) is 9.59 Å². The molecule has 0 spiro atoms. The maximum Gasteiger partial charge on any atom is 0.226 e. The highest BCUT2D eigenvalue weighted by Gasteiger charge is 2.13. The van der Waals surface area contributed by atoms with Crippen molar-refractivity contribution in [3.63, 3.8) is 0 Å². The molecule has 2 heterocycles. The summed E-state index contributed by atoms with van der Waals surface area (Å²) in [6, 6.07) is 13.2. The largest absolute Gasteiger partial charge is 0.315 e. The molecule has 5 heteroatoms. The first-order valence-electron chi connectivity index (χ1n) is 9.25. The second-order valence-corrected chi connectivity index (χ2v) is 6.70. The minimum Gasteiger partial charge on any atom is -0.315 e. The number of carbonyl (C=O) groups is 2. The Labute approximate surface area is 165 Å². The Bertz CT molecular complexity index is 982.